The van der Waals surface area contributed by atoms with Gasteiger partial charge < -0.3 is 0 Å². The van der Waals surface area contributed by atoms with Crippen LogP contribution in [-0.2, 0) is 0 Å². The van der Waals surface area contributed by atoms with Gasteiger partial charge in [-0.3, -0.25) is 9.59 Å². The topological polar surface area (TPSA) is 62.9 Å². The first-order valence-electron chi connectivity index (χ1n) is 5.86. The minimum absolute atomic E-state index is 0.305. The van der Waals surface area contributed by atoms with Gasteiger partial charge in [-0.1, -0.05) is 23.5 Å². The number of rotatable bonds is 1. The van der Waals surface area contributed by atoms with Crippen molar-refractivity contribution in [2.75, 3.05) is 0 Å². The van der Waals surface area contributed by atoms with E-state index < -0.39 is 0 Å². The Morgan fingerprint density at radius 1 is 1.10 bits per heavy atom. The normalized spacial score (nSPS) is 10.3. The zero-order valence-electron chi connectivity index (χ0n) is 10.2. The molecule has 1 heterocycles. The van der Waals surface area contributed by atoms with Gasteiger partial charge in [0.2, 0.25) is 0 Å². The number of nitrogens with zero attached hydrogens (tertiary/aromatic N) is 2. The highest BCUT2D eigenvalue weighted by Gasteiger charge is 2.15. The van der Waals surface area contributed by atoms with Crippen LogP contribution in [0.3, 0.4) is 0 Å². The number of carbonyl (C=O) groups excluding carboxylic acids is 1. The summed E-state index contributed by atoms with van der Waals surface area (Å²) >= 11 is 1.04. The van der Waals surface area contributed by atoms with Gasteiger partial charge in [0.15, 0.2) is 0 Å². The molecule has 5 heteroatoms. The molecule has 0 radical (unpaired) electrons. The van der Waals surface area contributed by atoms with Crippen molar-refractivity contribution < 1.29 is 4.79 Å². The van der Waals surface area contributed by atoms with E-state index in [0.29, 0.717) is 16.6 Å². The standard InChI is InChI=1S/C15H8N2O2S/c16-9-10-5-7-11(8-6-10)14(18)17-12-3-1-2-4-13(12)20-15(17)19/h1-8H. The molecule has 3 rings (SSSR count). The van der Waals surface area contributed by atoms with Crippen molar-refractivity contribution in [3.05, 3.63) is 69.3 Å². The maximum Gasteiger partial charge on any atom is 0.315 e. The van der Waals surface area contributed by atoms with Crippen LogP contribution in [0.5, 0.6) is 0 Å². The van der Waals surface area contributed by atoms with Crippen LogP contribution in [0.2, 0.25) is 0 Å². The number of fused-ring (bicyclic) bond motifs is 1. The minimum Gasteiger partial charge on any atom is -0.268 e. The molecular formula is C15H8N2O2S. The minimum atomic E-state index is -0.378. The molecule has 0 aliphatic rings. The van der Waals surface area contributed by atoms with E-state index in [1.165, 1.54) is 4.57 Å². The van der Waals surface area contributed by atoms with Gasteiger partial charge in [-0.15, -0.1) is 0 Å². The van der Waals surface area contributed by atoms with E-state index in [2.05, 4.69) is 0 Å². The Kier molecular flexibility index (Phi) is 2.93. The third kappa shape index (κ3) is 1.92. The molecule has 0 saturated heterocycles. The molecule has 0 fully saturated rings. The molecule has 0 atom stereocenters. The van der Waals surface area contributed by atoms with Gasteiger partial charge in [0.05, 0.1) is 21.8 Å². The molecular weight excluding hydrogens is 272 g/mol. The van der Waals surface area contributed by atoms with Crippen molar-refractivity contribution in [2.45, 2.75) is 0 Å². The molecule has 1 aromatic heterocycles. The summed E-state index contributed by atoms with van der Waals surface area (Å²) in [6.45, 7) is 0. The number of nitriles is 1. The number of aromatic nitrogens is 1. The maximum absolute atomic E-state index is 12.4. The molecule has 2 aromatic carbocycles. The van der Waals surface area contributed by atoms with Crippen LogP contribution in [0.15, 0.2) is 53.3 Å². The van der Waals surface area contributed by atoms with Gasteiger partial charge >= 0.3 is 4.87 Å². The first-order chi connectivity index (χ1) is 9.70. The zero-order chi connectivity index (χ0) is 14.1. The first kappa shape index (κ1) is 12.3. The lowest BCUT2D eigenvalue weighted by molar-refractivity contribution is 0.0962. The van der Waals surface area contributed by atoms with E-state index in [0.717, 1.165) is 16.0 Å². The summed E-state index contributed by atoms with van der Waals surface area (Å²) in [6, 6.07) is 15.4. The Bertz CT molecular complexity index is 898. The third-order valence-electron chi connectivity index (χ3n) is 2.95. The molecule has 4 nitrogen and oxygen atoms in total. The molecule has 0 aliphatic carbocycles. The van der Waals surface area contributed by atoms with E-state index in [1.807, 2.05) is 18.2 Å². The van der Waals surface area contributed by atoms with E-state index in [9.17, 15) is 9.59 Å². The quantitative estimate of drug-likeness (QED) is 0.688. The van der Waals surface area contributed by atoms with Crippen LogP contribution in [-0.4, -0.2) is 10.5 Å². The highest BCUT2D eigenvalue weighted by Crippen LogP contribution is 2.17. The zero-order valence-corrected chi connectivity index (χ0v) is 11.1. The number of hydrogen-bond acceptors (Lipinski definition) is 4. The van der Waals surface area contributed by atoms with Crippen LogP contribution < -0.4 is 4.87 Å². The van der Waals surface area contributed by atoms with Gasteiger partial charge in [-0.05, 0) is 36.4 Å². The number of hydrogen-bond donors (Lipinski definition) is 0. The van der Waals surface area contributed by atoms with Crippen LogP contribution in [0, 0.1) is 11.3 Å². The molecule has 20 heavy (non-hydrogen) atoms. The molecule has 0 amide bonds. The van der Waals surface area contributed by atoms with Crippen molar-refractivity contribution in [3.8, 4) is 6.07 Å². The van der Waals surface area contributed by atoms with Gasteiger partial charge in [0.1, 0.15) is 0 Å². The molecule has 96 valence electrons. The molecule has 0 unspecified atom stereocenters. The smallest absolute Gasteiger partial charge is 0.268 e. The van der Waals surface area contributed by atoms with Crippen LogP contribution in [0.1, 0.15) is 15.9 Å². The van der Waals surface area contributed by atoms with Crippen molar-refractivity contribution in [1.29, 1.82) is 5.26 Å². The average Bonchev–Trinajstić information content (AvgIpc) is 2.82. The summed E-state index contributed by atoms with van der Waals surface area (Å²) < 4.78 is 1.95. The maximum atomic E-state index is 12.4. The van der Waals surface area contributed by atoms with Crippen LogP contribution in [0.25, 0.3) is 10.2 Å². The lowest BCUT2D eigenvalue weighted by atomic mass is 10.1. The molecule has 0 saturated carbocycles. The third-order valence-corrected chi connectivity index (χ3v) is 3.87. The number of thiazole rings is 1. The molecule has 0 N–H and O–H groups in total. The second kappa shape index (κ2) is 4.76. The first-order valence-corrected chi connectivity index (χ1v) is 6.68. The summed E-state index contributed by atoms with van der Waals surface area (Å²) in [7, 11) is 0. The Balaban J connectivity index is 2.15. The van der Waals surface area contributed by atoms with Crippen LogP contribution in [0.4, 0.5) is 0 Å². The van der Waals surface area contributed by atoms with E-state index in [4.69, 9.17) is 5.26 Å². The molecule has 3 aromatic rings. The van der Waals surface area contributed by atoms with Gasteiger partial charge in [0.25, 0.3) is 5.91 Å². The van der Waals surface area contributed by atoms with Gasteiger partial charge in [-0.25, -0.2) is 4.57 Å². The van der Waals surface area contributed by atoms with Crippen molar-refractivity contribution in [3.63, 3.8) is 0 Å². The van der Waals surface area contributed by atoms with Gasteiger partial charge in [-0.2, -0.15) is 5.26 Å². The molecule has 0 bridgehead atoms. The van der Waals surface area contributed by atoms with Gasteiger partial charge in [0, 0.05) is 5.56 Å². The Labute approximate surface area is 118 Å². The lowest BCUT2D eigenvalue weighted by Gasteiger charge is -2.02. The molecule has 0 aliphatic heterocycles. The van der Waals surface area contributed by atoms with Crippen molar-refractivity contribution in [2.24, 2.45) is 0 Å². The Morgan fingerprint density at radius 3 is 2.50 bits per heavy atom. The fraction of sp³-hybridized carbons (Fsp3) is 0. The van der Waals surface area contributed by atoms with E-state index in [1.54, 1.807) is 36.4 Å². The fourth-order valence-corrected chi connectivity index (χ4v) is 2.85. The van der Waals surface area contributed by atoms with E-state index in [-0.39, 0.29) is 10.8 Å². The summed E-state index contributed by atoms with van der Waals surface area (Å²) in [5, 5.41) is 8.75. The van der Waals surface area contributed by atoms with E-state index >= 15 is 0 Å². The number of para-hydroxylation sites is 1. The second-order valence-electron chi connectivity index (χ2n) is 4.17. The van der Waals surface area contributed by atoms with Crippen LogP contribution >= 0.6 is 11.3 Å². The SMILES string of the molecule is N#Cc1ccc(C(=O)n2c(=O)sc3ccccc32)cc1. The van der Waals surface area contributed by atoms with Crippen molar-refractivity contribution >= 4 is 27.5 Å². The fourth-order valence-electron chi connectivity index (χ4n) is 1.98. The Hall–Kier alpha value is -2.71. The lowest BCUT2D eigenvalue weighted by Crippen LogP contribution is -2.22. The summed E-state index contributed by atoms with van der Waals surface area (Å²) in [4.78, 5) is 24.1. The monoisotopic (exact) mass is 280 g/mol. The molecule has 0 spiro atoms. The largest absolute Gasteiger partial charge is 0.315 e. The highest BCUT2D eigenvalue weighted by atomic mass is 32.1. The summed E-state index contributed by atoms with van der Waals surface area (Å²) in [5.41, 5.74) is 1.47. The predicted octanol–water partition coefficient (Wildman–Crippen LogP) is 2.62. The van der Waals surface area contributed by atoms with Crippen molar-refractivity contribution in [1.82, 2.24) is 4.57 Å². The number of carbonyl (C=O) groups is 1. The summed E-state index contributed by atoms with van der Waals surface area (Å²) in [6.07, 6.45) is 0. The second-order valence-corrected chi connectivity index (χ2v) is 5.16. The Morgan fingerprint density at radius 2 is 1.80 bits per heavy atom. The average molecular weight is 280 g/mol. The predicted molar refractivity (Wildman–Crippen MR) is 77.0 cm³/mol. The summed E-state index contributed by atoms with van der Waals surface area (Å²) in [5.74, 6) is -0.378. The number of benzene rings is 2. The highest BCUT2D eigenvalue weighted by molar-refractivity contribution is 7.16.